The molecule has 0 bridgehead atoms. The quantitative estimate of drug-likeness (QED) is 0.443. The highest BCUT2D eigenvalue weighted by Gasteiger charge is 2.46. The second kappa shape index (κ2) is 6.65. The predicted molar refractivity (Wildman–Crippen MR) is 99.1 cm³/mol. The summed E-state index contributed by atoms with van der Waals surface area (Å²) in [6.45, 7) is 8.87. The van der Waals surface area contributed by atoms with Gasteiger partial charge in [0, 0.05) is 29.7 Å². The minimum Gasteiger partial charge on any atom is -0.352 e. The lowest BCUT2D eigenvalue weighted by Gasteiger charge is -2.27. The van der Waals surface area contributed by atoms with E-state index in [1.807, 2.05) is 45.9 Å². The van der Waals surface area contributed by atoms with Crippen molar-refractivity contribution in [3.05, 3.63) is 23.8 Å². The minimum absolute atomic E-state index is 0.0544. The Bertz CT molecular complexity index is 664. The zero-order chi connectivity index (χ0) is 19.1. The van der Waals surface area contributed by atoms with Crippen molar-refractivity contribution in [2.45, 2.75) is 58.0 Å². The Balaban J connectivity index is 1.50. The van der Waals surface area contributed by atoms with Crippen molar-refractivity contribution in [1.29, 1.82) is 0 Å². The van der Waals surface area contributed by atoms with E-state index in [1.54, 1.807) is 0 Å². The zero-order valence-electron chi connectivity index (χ0n) is 16.1. The molecular weight excluding hydrogens is 330 g/mol. The van der Waals surface area contributed by atoms with Crippen LogP contribution in [0.15, 0.2) is 23.8 Å². The largest absolute Gasteiger partial charge is 0.352 e. The van der Waals surface area contributed by atoms with Gasteiger partial charge >= 0.3 is 0 Å². The maximum atomic E-state index is 12.5. The van der Waals surface area contributed by atoms with Gasteiger partial charge in [0.1, 0.15) is 0 Å². The molecule has 0 aromatic heterocycles. The van der Waals surface area contributed by atoms with E-state index in [0.717, 1.165) is 5.57 Å². The smallest absolute Gasteiger partial charge is 0.248 e. The summed E-state index contributed by atoms with van der Waals surface area (Å²) in [5, 5.41) is 6.34. The molecule has 0 saturated carbocycles. The number of hydrogen-bond donors (Lipinski definition) is 2. The second-order valence-corrected chi connectivity index (χ2v) is 8.62. The van der Waals surface area contributed by atoms with E-state index in [0.29, 0.717) is 32.4 Å². The summed E-state index contributed by atoms with van der Waals surface area (Å²) in [7, 11) is 0. The van der Waals surface area contributed by atoms with E-state index < -0.39 is 0 Å². The summed E-state index contributed by atoms with van der Waals surface area (Å²) >= 11 is 0. The molecule has 26 heavy (non-hydrogen) atoms. The lowest BCUT2D eigenvalue weighted by atomic mass is 9.85. The van der Waals surface area contributed by atoms with E-state index >= 15 is 0 Å². The van der Waals surface area contributed by atoms with Crippen molar-refractivity contribution < 1.29 is 14.4 Å². The zero-order valence-corrected chi connectivity index (χ0v) is 16.1. The van der Waals surface area contributed by atoms with Gasteiger partial charge in [-0.2, -0.15) is 0 Å². The molecule has 6 heteroatoms. The predicted octanol–water partition coefficient (Wildman–Crippen LogP) is 1.53. The van der Waals surface area contributed by atoms with Gasteiger partial charge in [-0.3, -0.25) is 24.6 Å². The molecule has 2 aliphatic heterocycles. The summed E-state index contributed by atoms with van der Waals surface area (Å²) in [5.74, 6) is -0.563. The molecule has 1 aliphatic carbocycles. The summed E-state index contributed by atoms with van der Waals surface area (Å²) in [5.41, 5.74) is 0.138. The van der Waals surface area contributed by atoms with Crippen LogP contribution in [0.4, 0.5) is 0 Å². The van der Waals surface area contributed by atoms with Crippen LogP contribution in [0.2, 0.25) is 0 Å². The van der Waals surface area contributed by atoms with Gasteiger partial charge < -0.3 is 5.32 Å². The normalized spacial score (nSPS) is 28.9. The van der Waals surface area contributed by atoms with Crippen LogP contribution in [-0.4, -0.2) is 46.8 Å². The lowest BCUT2D eigenvalue weighted by Crippen LogP contribution is -2.47. The van der Waals surface area contributed by atoms with Crippen molar-refractivity contribution in [3.63, 3.8) is 0 Å². The standard InChI is InChI=1S/C20H29N3O3/c1-19(2)12-15(20(3,4)22-19)16(24)21-10-7-11-23-17(25)13-8-5-6-9-14(13)18(23)26/h5-6,12-14,22H,7-11H2,1-4H3,(H,21,24). The Morgan fingerprint density at radius 1 is 1.15 bits per heavy atom. The molecule has 2 heterocycles. The van der Waals surface area contributed by atoms with Gasteiger partial charge in [0.2, 0.25) is 17.7 Å². The van der Waals surface area contributed by atoms with E-state index in [4.69, 9.17) is 0 Å². The van der Waals surface area contributed by atoms with Gasteiger partial charge in [0.15, 0.2) is 0 Å². The third kappa shape index (κ3) is 3.47. The van der Waals surface area contributed by atoms with Crippen LogP contribution in [0.25, 0.3) is 0 Å². The van der Waals surface area contributed by atoms with Gasteiger partial charge in [0.25, 0.3) is 0 Å². The summed E-state index contributed by atoms with van der Waals surface area (Å²) in [6.07, 6.45) is 7.84. The number of carbonyl (C=O) groups excluding carboxylic acids is 3. The van der Waals surface area contributed by atoms with Crippen LogP contribution in [-0.2, 0) is 14.4 Å². The number of nitrogens with zero attached hydrogens (tertiary/aromatic N) is 1. The van der Waals surface area contributed by atoms with Gasteiger partial charge in [-0.05, 0) is 47.0 Å². The Morgan fingerprint density at radius 2 is 1.73 bits per heavy atom. The number of amides is 3. The molecule has 3 amide bonds. The first-order valence-electron chi connectivity index (χ1n) is 9.43. The highest BCUT2D eigenvalue weighted by Crippen LogP contribution is 2.35. The van der Waals surface area contributed by atoms with Crippen LogP contribution in [0.1, 0.15) is 47.0 Å². The Kier molecular flexibility index (Phi) is 4.82. The fourth-order valence-electron chi connectivity index (χ4n) is 4.42. The Morgan fingerprint density at radius 3 is 2.23 bits per heavy atom. The van der Waals surface area contributed by atoms with Gasteiger partial charge in [-0.15, -0.1) is 0 Å². The van der Waals surface area contributed by atoms with E-state index in [2.05, 4.69) is 10.6 Å². The van der Waals surface area contributed by atoms with Crippen LogP contribution in [0.5, 0.6) is 0 Å². The summed E-state index contributed by atoms with van der Waals surface area (Å²) in [6, 6.07) is 0. The molecule has 1 saturated heterocycles. The number of imide groups is 1. The number of fused-ring (bicyclic) bond motifs is 1. The fourth-order valence-corrected chi connectivity index (χ4v) is 4.42. The van der Waals surface area contributed by atoms with Crippen molar-refractivity contribution in [2.75, 3.05) is 13.1 Å². The van der Waals surface area contributed by atoms with Crippen molar-refractivity contribution in [1.82, 2.24) is 15.5 Å². The van der Waals surface area contributed by atoms with Crippen LogP contribution in [0, 0.1) is 11.8 Å². The van der Waals surface area contributed by atoms with E-state index in [9.17, 15) is 14.4 Å². The number of hydrogen-bond acceptors (Lipinski definition) is 4. The summed E-state index contributed by atoms with van der Waals surface area (Å²) < 4.78 is 0. The Hall–Kier alpha value is -1.95. The molecule has 3 rings (SSSR count). The van der Waals surface area contributed by atoms with E-state index in [-0.39, 0.29) is 40.6 Å². The SMILES string of the molecule is CC1(C)C=C(C(=O)NCCCN2C(=O)C3CC=CCC3C2=O)C(C)(C)N1. The number of carbonyl (C=O) groups is 3. The van der Waals surface area contributed by atoms with Gasteiger partial charge in [0.05, 0.1) is 11.8 Å². The van der Waals surface area contributed by atoms with Gasteiger partial charge in [-0.25, -0.2) is 0 Å². The first-order valence-corrected chi connectivity index (χ1v) is 9.43. The van der Waals surface area contributed by atoms with Crippen LogP contribution in [0.3, 0.4) is 0 Å². The first-order chi connectivity index (χ1) is 12.1. The molecule has 0 radical (unpaired) electrons. The number of nitrogens with one attached hydrogen (secondary N) is 2. The number of rotatable bonds is 5. The van der Waals surface area contributed by atoms with Gasteiger partial charge in [-0.1, -0.05) is 18.2 Å². The van der Waals surface area contributed by atoms with E-state index in [1.165, 1.54) is 4.90 Å². The molecule has 0 aromatic rings. The lowest BCUT2D eigenvalue weighted by molar-refractivity contribution is -0.139. The molecule has 3 aliphatic rings. The molecule has 6 nitrogen and oxygen atoms in total. The molecule has 142 valence electrons. The average molecular weight is 359 g/mol. The summed E-state index contributed by atoms with van der Waals surface area (Å²) in [4.78, 5) is 38.7. The second-order valence-electron chi connectivity index (χ2n) is 8.62. The Labute approximate surface area is 155 Å². The minimum atomic E-state index is -0.378. The molecule has 2 N–H and O–H groups in total. The first kappa shape index (κ1) is 18.8. The molecule has 2 atom stereocenters. The van der Waals surface area contributed by atoms with Crippen molar-refractivity contribution in [3.8, 4) is 0 Å². The third-order valence-electron chi connectivity index (χ3n) is 5.50. The maximum absolute atomic E-state index is 12.5. The maximum Gasteiger partial charge on any atom is 0.248 e. The van der Waals surface area contributed by atoms with Crippen molar-refractivity contribution in [2.24, 2.45) is 11.8 Å². The highest BCUT2D eigenvalue weighted by molar-refractivity contribution is 6.05. The number of likely N-dealkylation sites (tertiary alicyclic amines) is 1. The highest BCUT2D eigenvalue weighted by atomic mass is 16.2. The number of allylic oxidation sites excluding steroid dienone is 2. The van der Waals surface area contributed by atoms with Crippen LogP contribution >= 0.6 is 0 Å². The topological polar surface area (TPSA) is 78.5 Å². The average Bonchev–Trinajstić information content (AvgIpc) is 2.94. The molecule has 1 fully saturated rings. The third-order valence-corrected chi connectivity index (χ3v) is 5.50. The fraction of sp³-hybridized carbons (Fsp3) is 0.650. The molecular formula is C20H29N3O3. The monoisotopic (exact) mass is 359 g/mol. The molecule has 0 spiro atoms. The molecule has 0 aromatic carbocycles. The molecule has 2 unspecified atom stereocenters. The van der Waals surface area contributed by atoms with Crippen molar-refractivity contribution >= 4 is 17.7 Å². The van der Waals surface area contributed by atoms with Crippen LogP contribution < -0.4 is 10.6 Å².